The molecule has 0 aromatic heterocycles. The Bertz CT molecular complexity index is 641. The zero-order chi connectivity index (χ0) is 15.6. The molecule has 2 rings (SSSR count). The van der Waals surface area contributed by atoms with Gasteiger partial charge in [-0.05, 0) is 52.7 Å². The van der Waals surface area contributed by atoms with E-state index in [9.17, 15) is 13.2 Å². The second-order valence-electron chi connectivity index (χ2n) is 4.58. The molecule has 0 amide bonds. The van der Waals surface area contributed by atoms with Crippen LogP contribution in [0.15, 0.2) is 51.4 Å². The van der Waals surface area contributed by atoms with Crippen molar-refractivity contribution >= 4 is 37.5 Å². The topological polar surface area (TPSA) is 12.0 Å². The summed E-state index contributed by atoms with van der Waals surface area (Å²) in [6.07, 6.45) is -4.36. The molecule has 0 aliphatic heterocycles. The van der Waals surface area contributed by atoms with E-state index in [0.717, 1.165) is 20.7 Å². The van der Waals surface area contributed by atoms with Gasteiger partial charge in [-0.1, -0.05) is 34.1 Å². The van der Waals surface area contributed by atoms with Gasteiger partial charge >= 0.3 is 6.18 Å². The molecule has 0 radical (unpaired) electrons. The van der Waals surface area contributed by atoms with Crippen molar-refractivity contribution in [1.29, 1.82) is 0 Å². The first-order chi connectivity index (χ1) is 9.79. The monoisotopic (exact) mass is 421 g/mol. The van der Waals surface area contributed by atoms with Crippen LogP contribution < -0.4 is 5.32 Å². The van der Waals surface area contributed by atoms with E-state index in [0.29, 0.717) is 0 Å². The van der Waals surface area contributed by atoms with E-state index in [1.165, 1.54) is 12.1 Å². The molecule has 0 saturated carbocycles. The van der Waals surface area contributed by atoms with E-state index in [2.05, 4.69) is 37.2 Å². The second kappa shape index (κ2) is 6.40. The lowest BCUT2D eigenvalue weighted by atomic mass is 10.0. The van der Waals surface area contributed by atoms with Crippen molar-refractivity contribution in [3.05, 3.63) is 62.5 Å². The summed E-state index contributed by atoms with van der Waals surface area (Å²) in [5.41, 5.74) is 0.335. The highest BCUT2D eigenvalue weighted by atomic mass is 79.9. The Morgan fingerprint density at radius 2 is 1.71 bits per heavy atom. The third-order valence-electron chi connectivity index (χ3n) is 3.03. The van der Waals surface area contributed by atoms with Crippen LogP contribution in [0.4, 0.5) is 18.9 Å². The molecule has 2 aromatic rings. The predicted molar refractivity (Wildman–Crippen MR) is 85.3 cm³/mol. The van der Waals surface area contributed by atoms with Crippen molar-refractivity contribution in [3.8, 4) is 0 Å². The minimum absolute atomic E-state index is 0.219. The molecular weight excluding hydrogens is 411 g/mol. The summed E-state index contributed by atoms with van der Waals surface area (Å²) in [5.74, 6) is 0. The number of hydrogen-bond acceptors (Lipinski definition) is 1. The van der Waals surface area contributed by atoms with Gasteiger partial charge in [0.2, 0.25) is 0 Å². The SMILES string of the molecule is CC(Nc1cc(Br)ccc1Br)c1ccccc1C(F)(F)F. The molecular formula is C15H12Br2F3N. The fourth-order valence-electron chi connectivity index (χ4n) is 2.05. The summed E-state index contributed by atoms with van der Waals surface area (Å²) in [4.78, 5) is 0. The van der Waals surface area contributed by atoms with Crippen molar-refractivity contribution in [2.24, 2.45) is 0 Å². The Morgan fingerprint density at radius 1 is 1.05 bits per heavy atom. The maximum Gasteiger partial charge on any atom is 0.416 e. The lowest BCUT2D eigenvalue weighted by Gasteiger charge is -2.21. The molecule has 1 N–H and O–H groups in total. The summed E-state index contributed by atoms with van der Waals surface area (Å²) >= 11 is 6.73. The minimum atomic E-state index is -4.36. The van der Waals surface area contributed by atoms with Crippen LogP contribution in [-0.4, -0.2) is 0 Å². The van der Waals surface area contributed by atoms with Gasteiger partial charge < -0.3 is 5.32 Å². The van der Waals surface area contributed by atoms with Gasteiger partial charge in [0, 0.05) is 15.0 Å². The molecule has 6 heteroatoms. The number of alkyl halides is 3. The molecule has 0 aliphatic rings. The lowest BCUT2D eigenvalue weighted by Crippen LogP contribution is -2.15. The van der Waals surface area contributed by atoms with Crippen molar-refractivity contribution in [3.63, 3.8) is 0 Å². The highest BCUT2D eigenvalue weighted by Gasteiger charge is 2.34. The number of nitrogens with one attached hydrogen (secondary N) is 1. The Labute approximate surface area is 137 Å². The third-order valence-corrected chi connectivity index (χ3v) is 4.22. The van der Waals surface area contributed by atoms with Gasteiger partial charge in [0.1, 0.15) is 0 Å². The largest absolute Gasteiger partial charge is 0.416 e. The highest BCUT2D eigenvalue weighted by Crippen LogP contribution is 2.36. The lowest BCUT2D eigenvalue weighted by molar-refractivity contribution is -0.138. The maximum absolute atomic E-state index is 13.0. The molecule has 1 atom stereocenters. The average molecular weight is 423 g/mol. The van der Waals surface area contributed by atoms with Crippen molar-refractivity contribution in [2.75, 3.05) is 5.32 Å². The molecule has 1 unspecified atom stereocenters. The number of hydrogen-bond donors (Lipinski definition) is 1. The third kappa shape index (κ3) is 4.01. The van der Waals surface area contributed by atoms with E-state index >= 15 is 0 Å². The zero-order valence-electron chi connectivity index (χ0n) is 11.0. The number of rotatable bonds is 3. The molecule has 0 saturated heterocycles. The van der Waals surface area contributed by atoms with Gasteiger partial charge in [0.15, 0.2) is 0 Å². The summed E-state index contributed by atoms with van der Waals surface area (Å²) in [6.45, 7) is 1.71. The van der Waals surface area contributed by atoms with Crippen molar-refractivity contribution in [1.82, 2.24) is 0 Å². The first-order valence-electron chi connectivity index (χ1n) is 6.16. The van der Waals surface area contributed by atoms with E-state index in [4.69, 9.17) is 0 Å². The summed E-state index contributed by atoms with van der Waals surface area (Å²) in [5, 5.41) is 3.10. The molecule has 2 aromatic carbocycles. The molecule has 21 heavy (non-hydrogen) atoms. The standard InChI is InChI=1S/C15H12Br2F3N/c1-9(21-14-8-10(16)6-7-13(14)17)11-4-2-3-5-12(11)15(18,19)20/h2-9,21H,1H3. The van der Waals surface area contributed by atoms with Crippen LogP contribution in [0.5, 0.6) is 0 Å². The normalized spacial score (nSPS) is 13.0. The maximum atomic E-state index is 13.0. The van der Waals surface area contributed by atoms with Crippen LogP contribution in [-0.2, 0) is 6.18 Å². The summed E-state index contributed by atoms with van der Waals surface area (Å²) in [7, 11) is 0. The zero-order valence-corrected chi connectivity index (χ0v) is 14.2. The first kappa shape index (κ1) is 16.4. The first-order valence-corrected chi connectivity index (χ1v) is 7.75. The molecule has 0 bridgehead atoms. The predicted octanol–water partition coefficient (Wildman–Crippen LogP) is 6.40. The van der Waals surface area contributed by atoms with E-state index in [-0.39, 0.29) is 5.56 Å². The molecule has 0 heterocycles. The van der Waals surface area contributed by atoms with Gasteiger partial charge in [0.05, 0.1) is 11.3 Å². The molecule has 0 fully saturated rings. The number of halogens is 5. The smallest absolute Gasteiger partial charge is 0.378 e. The molecule has 112 valence electrons. The van der Waals surface area contributed by atoms with Crippen LogP contribution >= 0.6 is 31.9 Å². The van der Waals surface area contributed by atoms with Crippen LogP contribution in [0.3, 0.4) is 0 Å². The molecule has 0 aliphatic carbocycles. The quantitative estimate of drug-likeness (QED) is 0.603. The van der Waals surface area contributed by atoms with Crippen LogP contribution in [0.25, 0.3) is 0 Å². The fourth-order valence-corrected chi connectivity index (χ4v) is 2.77. The van der Waals surface area contributed by atoms with Gasteiger partial charge in [-0.2, -0.15) is 13.2 Å². The number of benzene rings is 2. The van der Waals surface area contributed by atoms with Crippen LogP contribution in [0.1, 0.15) is 24.1 Å². The van der Waals surface area contributed by atoms with E-state index in [1.54, 1.807) is 13.0 Å². The van der Waals surface area contributed by atoms with Crippen LogP contribution in [0.2, 0.25) is 0 Å². The Hall–Kier alpha value is -1.01. The van der Waals surface area contributed by atoms with Gasteiger partial charge in [0.25, 0.3) is 0 Å². The Balaban J connectivity index is 2.33. The van der Waals surface area contributed by atoms with Gasteiger partial charge in [-0.25, -0.2) is 0 Å². The Morgan fingerprint density at radius 3 is 2.38 bits per heavy atom. The average Bonchev–Trinajstić information content (AvgIpc) is 2.42. The second-order valence-corrected chi connectivity index (χ2v) is 6.35. The van der Waals surface area contributed by atoms with Crippen LogP contribution in [0, 0.1) is 0 Å². The Kier molecular flexibility index (Phi) is 4.99. The summed E-state index contributed by atoms with van der Waals surface area (Å²) < 4.78 is 40.8. The van der Waals surface area contributed by atoms with Crippen molar-refractivity contribution in [2.45, 2.75) is 19.1 Å². The highest BCUT2D eigenvalue weighted by molar-refractivity contribution is 9.11. The fraction of sp³-hybridized carbons (Fsp3) is 0.200. The molecule has 1 nitrogen and oxygen atoms in total. The summed E-state index contributed by atoms with van der Waals surface area (Å²) in [6, 6.07) is 10.6. The van der Waals surface area contributed by atoms with E-state index < -0.39 is 17.8 Å². The molecule has 0 spiro atoms. The van der Waals surface area contributed by atoms with Gasteiger partial charge in [-0.3, -0.25) is 0 Å². The minimum Gasteiger partial charge on any atom is -0.378 e. The van der Waals surface area contributed by atoms with E-state index in [1.807, 2.05) is 18.2 Å². The number of anilines is 1. The van der Waals surface area contributed by atoms with Gasteiger partial charge in [-0.15, -0.1) is 0 Å². The van der Waals surface area contributed by atoms with Crippen molar-refractivity contribution < 1.29 is 13.2 Å².